The van der Waals surface area contributed by atoms with E-state index in [0.29, 0.717) is 12.8 Å². The zero-order valence-electron chi connectivity index (χ0n) is 20.8. The van der Waals surface area contributed by atoms with Crippen LogP contribution in [0.2, 0.25) is 0 Å². The first kappa shape index (κ1) is 31.1. The first-order valence-electron chi connectivity index (χ1n) is 13.0. The smallest absolute Gasteiger partial charge is 0.359 e. The quantitative estimate of drug-likeness (QED) is 0.0923. The predicted molar refractivity (Wildman–Crippen MR) is 131 cm³/mol. The predicted octanol–water partition coefficient (Wildman–Crippen LogP) is 5.87. The molecule has 0 amide bonds. The highest BCUT2D eigenvalue weighted by Gasteiger charge is 2.35. The fourth-order valence-electron chi connectivity index (χ4n) is 4.33. The van der Waals surface area contributed by atoms with Gasteiger partial charge in [0.1, 0.15) is 0 Å². The SMILES string of the molecule is CCCCCCCCCCCCCCC/C=C/CCC[N+](CC(=O)O)(CC(=O)O)CC(=O)O. The Hall–Kier alpha value is -1.89. The van der Waals surface area contributed by atoms with Crippen LogP contribution in [0.1, 0.15) is 110 Å². The Bertz CT molecular complexity index is 520. The van der Waals surface area contributed by atoms with Crippen molar-refractivity contribution in [1.82, 2.24) is 0 Å². The molecule has 0 bridgehead atoms. The van der Waals surface area contributed by atoms with E-state index in [1.807, 2.05) is 6.08 Å². The molecule has 7 nitrogen and oxygen atoms in total. The van der Waals surface area contributed by atoms with E-state index in [-0.39, 0.29) is 6.54 Å². The molecule has 0 fully saturated rings. The van der Waals surface area contributed by atoms with Crippen LogP contribution in [0.5, 0.6) is 0 Å². The second-order valence-electron chi connectivity index (χ2n) is 9.37. The average Bonchev–Trinajstić information content (AvgIpc) is 2.71. The Morgan fingerprint density at radius 2 is 0.879 bits per heavy atom. The summed E-state index contributed by atoms with van der Waals surface area (Å²) in [5.74, 6) is -3.55. The van der Waals surface area contributed by atoms with Gasteiger partial charge in [-0.15, -0.1) is 0 Å². The Kier molecular flexibility index (Phi) is 19.5. The summed E-state index contributed by atoms with van der Waals surface area (Å²) in [6.45, 7) is 0.974. The van der Waals surface area contributed by atoms with Crippen molar-refractivity contribution in [1.29, 1.82) is 0 Å². The van der Waals surface area contributed by atoms with E-state index in [9.17, 15) is 14.4 Å². The van der Waals surface area contributed by atoms with Gasteiger partial charge in [0.05, 0.1) is 6.54 Å². The van der Waals surface area contributed by atoms with Gasteiger partial charge in [0.2, 0.25) is 0 Å². The highest BCUT2D eigenvalue weighted by atomic mass is 16.4. The molecule has 0 rings (SSSR count). The van der Waals surface area contributed by atoms with Crippen LogP contribution in [-0.4, -0.2) is 63.9 Å². The Labute approximate surface area is 200 Å². The van der Waals surface area contributed by atoms with Crippen LogP contribution in [0.25, 0.3) is 0 Å². The summed E-state index contributed by atoms with van der Waals surface area (Å²) in [6, 6.07) is 0. The number of hydrogen-bond donors (Lipinski definition) is 3. The minimum atomic E-state index is -1.18. The molecule has 0 aromatic rings. The molecule has 0 atom stereocenters. The number of carboxylic acids is 3. The Morgan fingerprint density at radius 3 is 1.24 bits per heavy atom. The highest BCUT2D eigenvalue weighted by molar-refractivity contribution is 5.73. The van der Waals surface area contributed by atoms with Crippen molar-refractivity contribution in [2.75, 3.05) is 26.2 Å². The summed E-state index contributed by atoms with van der Waals surface area (Å²) < 4.78 is -0.466. The molecular formula is C26H48NO6+. The lowest BCUT2D eigenvalue weighted by atomic mass is 10.0. The molecule has 0 spiro atoms. The van der Waals surface area contributed by atoms with Crippen LogP contribution < -0.4 is 0 Å². The maximum Gasteiger partial charge on any atom is 0.359 e. The molecule has 0 saturated heterocycles. The van der Waals surface area contributed by atoms with E-state index in [4.69, 9.17) is 15.3 Å². The van der Waals surface area contributed by atoms with Crippen LogP contribution in [0.15, 0.2) is 12.2 Å². The van der Waals surface area contributed by atoms with Crippen LogP contribution in [0, 0.1) is 0 Å². The van der Waals surface area contributed by atoms with Crippen molar-refractivity contribution >= 4 is 17.9 Å². The number of nitrogens with zero attached hydrogens (tertiary/aromatic N) is 1. The van der Waals surface area contributed by atoms with Crippen LogP contribution in [-0.2, 0) is 14.4 Å². The zero-order valence-corrected chi connectivity index (χ0v) is 20.8. The first-order chi connectivity index (χ1) is 15.8. The van der Waals surface area contributed by atoms with Crippen molar-refractivity contribution in [2.45, 2.75) is 110 Å². The van der Waals surface area contributed by atoms with Gasteiger partial charge in [-0.3, -0.25) is 4.48 Å². The van der Waals surface area contributed by atoms with Crippen molar-refractivity contribution in [3.05, 3.63) is 12.2 Å². The highest BCUT2D eigenvalue weighted by Crippen LogP contribution is 2.14. The average molecular weight is 471 g/mol. The van der Waals surface area contributed by atoms with Crippen molar-refractivity contribution in [2.24, 2.45) is 0 Å². The molecule has 33 heavy (non-hydrogen) atoms. The molecule has 0 aliphatic heterocycles. The molecule has 0 aromatic carbocycles. The number of aliphatic carboxylic acids is 3. The van der Waals surface area contributed by atoms with Gasteiger partial charge in [-0.05, 0) is 19.3 Å². The zero-order chi connectivity index (χ0) is 24.8. The second-order valence-corrected chi connectivity index (χ2v) is 9.37. The molecule has 0 aromatic heterocycles. The van der Waals surface area contributed by atoms with E-state index in [0.717, 1.165) is 12.8 Å². The number of carbonyl (C=O) groups is 3. The summed E-state index contributed by atoms with van der Waals surface area (Å²) in [5.41, 5.74) is 0. The molecule has 0 unspecified atom stereocenters. The molecule has 0 aliphatic carbocycles. The third kappa shape index (κ3) is 20.4. The number of allylic oxidation sites excluding steroid dienone is 2. The lowest BCUT2D eigenvalue weighted by molar-refractivity contribution is -0.907. The van der Waals surface area contributed by atoms with Gasteiger partial charge in [-0.25, -0.2) is 14.4 Å². The second kappa shape index (κ2) is 20.7. The number of hydrogen-bond acceptors (Lipinski definition) is 3. The van der Waals surface area contributed by atoms with E-state index in [2.05, 4.69) is 13.0 Å². The van der Waals surface area contributed by atoms with E-state index in [1.165, 1.54) is 77.0 Å². The monoisotopic (exact) mass is 470 g/mol. The number of quaternary nitrogens is 1. The largest absolute Gasteiger partial charge is 0.477 e. The fraction of sp³-hybridized carbons (Fsp3) is 0.808. The van der Waals surface area contributed by atoms with Crippen molar-refractivity contribution < 1.29 is 34.2 Å². The molecule has 0 radical (unpaired) electrons. The normalized spacial score (nSPS) is 11.8. The minimum Gasteiger partial charge on any atom is -0.477 e. The summed E-state index contributed by atoms with van der Waals surface area (Å²) in [7, 11) is 0. The van der Waals surface area contributed by atoms with Crippen molar-refractivity contribution in [3.8, 4) is 0 Å². The standard InChI is InChI=1S/C26H47NO6/c1-2-3-4-5-6-7-8-9-10-11-12-13-14-15-16-17-18-19-20-27(21-24(28)29,22-25(30)31)23-26(32)33/h16-17H,2-15,18-23H2,1H3,(H2-,28,29,30,31,32,33)/p+1/b17-16+. The maximum absolute atomic E-state index is 11.2. The van der Waals surface area contributed by atoms with Crippen LogP contribution in [0.4, 0.5) is 0 Å². The molecule has 0 aliphatic rings. The molecule has 0 saturated carbocycles. The summed E-state index contributed by atoms with van der Waals surface area (Å²) in [5, 5.41) is 27.3. The Morgan fingerprint density at radius 1 is 0.545 bits per heavy atom. The fourth-order valence-corrected chi connectivity index (χ4v) is 4.33. The van der Waals surface area contributed by atoms with Gasteiger partial charge in [0, 0.05) is 6.42 Å². The van der Waals surface area contributed by atoms with E-state index < -0.39 is 42.0 Å². The van der Waals surface area contributed by atoms with Gasteiger partial charge in [-0.1, -0.05) is 96.1 Å². The van der Waals surface area contributed by atoms with Gasteiger partial charge in [0.15, 0.2) is 19.6 Å². The number of rotatable bonds is 24. The van der Waals surface area contributed by atoms with Gasteiger partial charge in [-0.2, -0.15) is 0 Å². The topological polar surface area (TPSA) is 112 Å². The third-order valence-corrected chi connectivity index (χ3v) is 6.06. The molecule has 192 valence electrons. The van der Waals surface area contributed by atoms with Crippen LogP contribution in [0.3, 0.4) is 0 Å². The first-order valence-corrected chi connectivity index (χ1v) is 13.0. The van der Waals surface area contributed by atoms with E-state index in [1.54, 1.807) is 0 Å². The summed E-state index contributed by atoms with van der Waals surface area (Å²) in [4.78, 5) is 33.5. The van der Waals surface area contributed by atoms with Gasteiger partial charge in [0.25, 0.3) is 0 Å². The molecule has 7 heteroatoms. The lowest BCUT2D eigenvalue weighted by Gasteiger charge is -2.34. The summed E-state index contributed by atoms with van der Waals surface area (Å²) in [6.07, 6.45) is 23.8. The molecule has 3 N–H and O–H groups in total. The molecule has 0 heterocycles. The van der Waals surface area contributed by atoms with Gasteiger partial charge < -0.3 is 15.3 Å². The molecular weight excluding hydrogens is 422 g/mol. The Balaban J connectivity index is 3.85. The number of carboxylic acid groups (broad SMARTS) is 3. The lowest BCUT2D eigenvalue weighted by Crippen LogP contribution is -2.57. The maximum atomic E-state index is 11.2. The van der Waals surface area contributed by atoms with Gasteiger partial charge >= 0.3 is 17.9 Å². The van der Waals surface area contributed by atoms with Crippen LogP contribution >= 0.6 is 0 Å². The third-order valence-electron chi connectivity index (χ3n) is 6.06. The van der Waals surface area contributed by atoms with E-state index >= 15 is 0 Å². The van der Waals surface area contributed by atoms with Crippen molar-refractivity contribution in [3.63, 3.8) is 0 Å². The minimum absolute atomic E-state index is 0.216. The summed E-state index contributed by atoms with van der Waals surface area (Å²) >= 11 is 0. The number of unbranched alkanes of at least 4 members (excludes halogenated alkanes) is 14.